The number of rotatable bonds is 8. The van der Waals surface area contributed by atoms with Crippen molar-refractivity contribution in [2.45, 2.75) is 33.1 Å². The molecule has 46 heavy (non-hydrogen) atoms. The van der Waals surface area contributed by atoms with Gasteiger partial charge >= 0.3 is 12.4 Å². The third-order valence-corrected chi connectivity index (χ3v) is 7.67. The average molecular weight is 651 g/mol. The molecular weight excluding hydrogens is 621 g/mol. The summed E-state index contributed by atoms with van der Waals surface area (Å²) in [5.74, 6) is 0.791. The van der Waals surface area contributed by atoms with Crippen LogP contribution in [-0.2, 0) is 4.79 Å². The van der Waals surface area contributed by atoms with Crippen LogP contribution in [0.4, 0.5) is 23.7 Å². The minimum absolute atomic E-state index is 0.125. The number of carbonyl (C=O) groups is 2. The number of allylic oxidation sites excluding steroid dienone is 1. The highest BCUT2D eigenvalue weighted by molar-refractivity contribution is 8.15. The summed E-state index contributed by atoms with van der Waals surface area (Å²) in [5, 5.41) is 7.44. The number of hydrogen-bond acceptors (Lipinski definition) is 7. The van der Waals surface area contributed by atoms with Gasteiger partial charge in [0, 0.05) is 17.3 Å². The van der Waals surface area contributed by atoms with Crippen LogP contribution in [0.25, 0.3) is 23.2 Å². The summed E-state index contributed by atoms with van der Waals surface area (Å²) in [7, 11) is 1.55. The van der Waals surface area contributed by atoms with Gasteiger partial charge in [-0.15, -0.1) is 18.3 Å². The smallest absolute Gasteiger partial charge is 0.497 e. The van der Waals surface area contributed by atoms with Crippen molar-refractivity contribution < 1.29 is 32.2 Å². The van der Waals surface area contributed by atoms with Gasteiger partial charge in [0.1, 0.15) is 17.8 Å². The standard InChI is InChI=1S/C32H29F3N6O4S/c1-19(2)26-14-13-25(44-4)16-27(26)41-28(42)17-46-31(41)38-30(43)37-20(3)15-21-5-7-22(8-6-21)29-36-18-40(39-29)23-9-11-24(12-10-23)45-32(33,34)35/h5-16,18-19H,17H2,1-4H3,(H,37,43)/b20-15+,38-31-. The number of aliphatic imine (C=N–C) groups is 1. The summed E-state index contributed by atoms with van der Waals surface area (Å²) in [6.45, 7) is 5.77. The molecule has 4 aromatic rings. The number of amides is 3. The van der Waals surface area contributed by atoms with E-state index in [2.05, 4.69) is 25.1 Å². The lowest BCUT2D eigenvalue weighted by Crippen LogP contribution is -2.32. The van der Waals surface area contributed by atoms with Crippen LogP contribution >= 0.6 is 11.8 Å². The van der Waals surface area contributed by atoms with Crippen LogP contribution in [-0.4, -0.2) is 51.1 Å². The van der Waals surface area contributed by atoms with E-state index in [4.69, 9.17) is 4.74 Å². The summed E-state index contributed by atoms with van der Waals surface area (Å²) in [4.78, 5) is 35.7. The van der Waals surface area contributed by atoms with E-state index in [1.165, 1.54) is 51.9 Å². The van der Waals surface area contributed by atoms with Crippen molar-refractivity contribution in [2.24, 2.45) is 4.99 Å². The number of benzene rings is 3. The molecule has 3 aromatic carbocycles. The van der Waals surface area contributed by atoms with Gasteiger partial charge in [0.25, 0.3) is 0 Å². The molecule has 0 bridgehead atoms. The lowest BCUT2D eigenvalue weighted by atomic mass is 10.00. The maximum Gasteiger partial charge on any atom is 0.573 e. The number of thioether (sulfide) groups is 1. The molecule has 0 saturated carbocycles. The summed E-state index contributed by atoms with van der Waals surface area (Å²) in [5.41, 5.74) is 4.11. The van der Waals surface area contributed by atoms with Crippen LogP contribution < -0.4 is 19.7 Å². The number of amidine groups is 1. The van der Waals surface area contributed by atoms with Crippen LogP contribution in [0.15, 0.2) is 83.7 Å². The third-order valence-electron chi connectivity index (χ3n) is 6.75. The lowest BCUT2D eigenvalue weighted by Gasteiger charge is -2.22. The van der Waals surface area contributed by atoms with E-state index in [0.29, 0.717) is 34.2 Å². The molecule has 1 saturated heterocycles. The number of urea groups is 1. The van der Waals surface area contributed by atoms with Crippen LogP contribution in [0.5, 0.6) is 11.5 Å². The Balaban J connectivity index is 1.25. The van der Waals surface area contributed by atoms with Gasteiger partial charge in [-0.25, -0.2) is 14.5 Å². The molecule has 0 atom stereocenters. The van der Waals surface area contributed by atoms with Crippen LogP contribution in [0.2, 0.25) is 0 Å². The Labute approximate surface area is 266 Å². The molecule has 5 rings (SSSR count). The maximum absolute atomic E-state index is 12.9. The van der Waals surface area contributed by atoms with Crippen molar-refractivity contribution in [3.63, 3.8) is 0 Å². The van der Waals surface area contributed by atoms with Crippen molar-refractivity contribution in [3.8, 4) is 28.6 Å². The Morgan fingerprint density at radius 3 is 2.41 bits per heavy atom. The van der Waals surface area contributed by atoms with E-state index >= 15 is 0 Å². The number of hydrogen-bond donors (Lipinski definition) is 1. The van der Waals surface area contributed by atoms with Crippen molar-refractivity contribution in [2.75, 3.05) is 17.8 Å². The van der Waals surface area contributed by atoms with Crippen molar-refractivity contribution in [1.82, 2.24) is 20.1 Å². The highest BCUT2D eigenvalue weighted by Crippen LogP contribution is 2.36. The predicted octanol–water partition coefficient (Wildman–Crippen LogP) is 7.17. The second kappa shape index (κ2) is 13.5. The number of nitrogens with zero attached hydrogens (tertiary/aromatic N) is 5. The summed E-state index contributed by atoms with van der Waals surface area (Å²) < 4.78 is 48.0. The third kappa shape index (κ3) is 7.75. The van der Waals surface area contributed by atoms with E-state index < -0.39 is 12.4 Å². The first kappa shape index (κ1) is 32.3. The van der Waals surface area contributed by atoms with E-state index in [-0.39, 0.29) is 28.5 Å². The molecule has 1 aliphatic rings. The monoisotopic (exact) mass is 650 g/mol. The molecule has 14 heteroatoms. The van der Waals surface area contributed by atoms with Gasteiger partial charge in [-0.3, -0.25) is 9.69 Å². The predicted molar refractivity (Wildman–Crippen MR) is 170 cm³/mol. The fourth-order valence-corrected chi connectivity index (χ4v) is 5.49. The molecule has 1 aromatic heterocycles. The van der Waals surface area contributed by atoms with Gasteiger partial charge in [0.05, 0.1) is 24.2 Å². The summed E-state index contributed by atoms with van der Waals surface area (Å²) in [6, 6.07) is 17.4. The van der Waals surface area contributed by atoms with E-state index in [1.807, 2.05) is 38.1 Å². The van der Waals surface area contributed by atoms with Crippen LogP contribution in [0, 0.1) is 0 Å². The number of alkyl halides is 3. The fourth-order valence-electron chi connectivity index (χ4n) is 4.63. The van der Waals surface area contributed by atoms with E-state index in [0.717, 1.165) is 11.1 Å². The molecular formula is C32H29F3N6O4S. The SMILES string of the molecule is COc1ccc(C(C)C)c(N2C(=O)CS/C2=N\C(=O)N/C(C)=C/c2ccc(-c3ncn(-c4ccc(OC(F)(F)F)cc4)n3)cc2)c1. The first-order chi connectivity index (χ1) is 21.9. The number of anilines is 1. The molecule has 0 radical (unpaired) electrons. The minimum atomic E-state index is -4.77. The van der Waals surface area contributed by atoms with Crippen molar-refractivity contribution >= 4 is 40.6 Å². The molecule has 1 N–H and O–H groups in total. The van der Waals surface area contributed by atoms with Crippen LogP contribution in [0.3, 0.4) is 0 Å². The highest BCUT2D eigenvalue weighted by atomic mass is 32.2. The number of aromatic nitrogens is 3. The fraction of sp³-hybridized carbons (Fsp3) is 0.219. The Hall–Kier alpha value is -5.11. The Kier molecular flexibility index (Phi) is 9.46. The first-order valence-corrected chi connectivity index (χ1v) is 15.0. The van der Waals surface area contributed by atoms with Gasteiger partial charge in [0.15, 0.2) is 11.0 Å². The molecule has 238 valence electrons. The molecule has 10 nitrogen and oxygen atoms in total. The Bertz CT molecular complexity index is 1800. The summed E-state index contributed by atoms with van der Waals surface area (Å²) in [6.07, 6.45) is -1.54. The van der Waals surface area contributed by atoms with Gasteiger partial charge in [0.2, 0.25) is 5.91 Å². The van der Waals surface area contributed by atoms with Gasteiger partial charge in [-0.05, 0) is 60.4 Å². The number of ether oxygens (including phenoxy) is 2. The molecule has 2 heterocycles. The van der Waals surface area contributed by atoms with Crippen LogP contribution in [0.1, 0.15) is 37.8 Å². The largest absolute Gasteiger partial charge is 0.573 e. The minimum Gasteiger partial charge on any atom is -0.497 e. The average Bonchev–Trinajstić information content (AvgIpc) is 3.63. The van der Waals surface area contributed by atoms with Crippen molar-refractivity contribution in [1.29, 1.82) is 0 Å². The Morgan fingerprint density at radius 1 is 1.07 bits per heavy atom. The number of nitrogens with one attached hydrogen (secondary N) is 1. The van der Waals surface area contributed by atoms with Crippen molar-refractivity contribution in [3.05, 3.63) is 89.9 Å². The Morgan fingerprint density at radius 2 is 1.76 bits per heavy atom. The number of methoxy groups -OCH3 is 1. The van der Waals surface area contributed by atoms with Gasteiger partial charge in [-0.2, -0.15) is 4.99 Å². The lowest BCUT2D eigenvalue weighted by molar-refractivity contribution is -0.274. The molecule has 0 spiro atoms. The maximum atomic E-state index is 12.9. The zero-order valence-corrected chi connectivity index (χ0v) is 26.0. The normalized spacial score (nSPS) is 14.7. The molecule has 3 amide bonds. The molecule has 1 aliphatic heterocycles. The second-order valence-corrected chi connectivity index (χ2v) is 11.4. The number of halogens is 3. The molecule has 0 unspecified atom stereocenters. The summed E-state index contributed by atoms with van der Waals surface area (Å²) >= 11 is 1.19. The zero-order valence-electron chi connectivity index (χ0n) is 25.2. The molecule has 0 aliphatic carbocycles. The van der Waals surface area contributed by atoms with E-state index in [1.54, 1.807) is 38.3 Å². The molecule has 1 fully saturated rings. The van der Waals surface area contributed by atoms with Gasteiger partial charge in [-0.1, -0.05) is 55.9 Å². The highest BCUT2D eigenvalue weighted by Gasteiger charge is 2.33. The number of carbonyl (C=O) groups excluding carboxylic acids is 2. The topological polar surface area (TPSA) is 111 Å². The quantitative estimate of drug-likeness (QED) is 0.215. The second-order valence-electron chi connectivity index (χ2n) is 10.4. The first-order valence-electron chi connectivity index (χ1n) is 14.0. The van der Waals surface area contributed by atoms with Gasteiger partial charge < -0.3 is 14.8 Å². The van der Waals surface area contributed by atoms with E-state index in [9.17, 15) is 22.8 Å². The zero-order chi connectivity index (χ0) is 33.0.